The molecule has 5 nitrogen and oxygen atoms in total. The first kappa shape index (κ1) is 11.3. The number of hydrogen-bond donors (Lipinski definition) is 4. The van der Waals surface area contributed by atoms with Crippen molar-refractivity contribution >= 4 is 5.91 Å². The Balaban J connectivity index is 2.87. The Hall–Kier alpha value is -1.75. The van der Waals surface area contributed by atoms with E-state index in [4.69, 9.17) is 10.2 Å². The van der Waals surface area contributed by atoms with Crippen molar-refractivity contribution in [2.24, 2.45) is 0 Å². The molecule has 0 radical (unpaired) electrons. The van der Waals surface area contributed by atoms with Gasteiger partial charge in [-0.3, -0.25) is 4.79 Å². The second kappa shape index (κ2) is 4.65. The van der Waals surface area contributed by atoms with Gasteiger partial charge in [0.05, 0.1) is 12.2 Å². The highest BCUT2D eigenvalue weighted by Gasteiger charge is 2.15. The fourth-order valence-electron chi connectivity index (χ4n) is 1.06. The molecule has 5 heteroatoms. The number of carbonyl (C=O) groups is 1. The molecule has 0 saturated heterocycles. The van der Waals surface area contributed by atoms with Crippen molar-refractivity contribution in [1.29, 1.82) is 0 Å². The van der Waals surface area contributed by atoms with Crippen LogP contribution in [0.3, 0.4) is 0 Å². The van der Waals surface area contributed by atoms with Gasteiger partial charge in [-0.2, -0.15) is 0 Å². The summed E-state index contributed by atoms with van der Waals surface area (Å²) in [6, 6.07) is 3.71. The Morgan fingerprint density at radius 1 is 1.47 bits per heavy atom. The Morgan fingerprint density at radius 3 is 2.73 bits per heavy atom. The summed E-state index contributed by atoms with van der Waals surface area (Å²) in [5.74, 6) is -1.34. The molecule has 0 unspecified atom stereocenters. The first-order valence-electron chi connectivity index (χ1n) is 4.49. The molecule has 0 aliphatic carbocycles. The van der Waals surface area contributed by atoms with Crippen LogP contribution in [-0.4, -0.2) is 33.9 Å². The molecular weight excluding hydrogens is 198 g/mol. The van der Waals surface area contributed by atoms with E-state index in [-0.39, 0.29) is 17.9 Å². The SMILES string of the molecule is C[C@@H](CO)NC(=O)c1cccc(O)c1O. The van der Waals surface area contributed by atoms with E-state index < -0.39 is 17.7 Å². The molecule has 0 bridgehead atoms. The second-order valence-electron chi connectivity index (χ2n) is 3.23. The summed E-state index contributed by atoms with van der Waals surface area (Å²) in [7, 11) is 0. The number of phenols is 2. The Kier molecular flexibility index (Phi) is 3.51. The van der Waals surface area contributed by atoms with Gasteiger partial charge in [0, 0.05) is 6.04 Å². The fourth-order valence-corrected chi connectivity index (χ4v) is 1.06. The highest BCUT2D eigenvalue weighted by atomic mass is 16.3. The molecular formula is C10H13NO4. The molecule has 0 aromatic heterocycles. The van der Waals surface area contributed by atoms with Gasteiger partial charge in [-0.25, -0.2) is 0 Å². The third kappa shape index (κ3) is 2.60. The van der Waals surface area contributed by atoms with Crippen molar-refractivity contribution in [2.45, 2.75) is 13.0 Å². The highest BCUT2D eigenvalue weighted by molar-refractivity contribution is 5.97. The van der Waals surface area contributed by atoms with E-state index in [0.717, 1.165) is 0 Å². The molecule has 1 aromatic carbocycles. The van der Waals surface area contributed by atoms with Crippen LogP contribution in [0.1, 0.15) is 17.3 Å². The van der Waals surface area contributed by atoms with E-state index in [0.29, 0.717) is 0 Å². The minimum absolute atomic E-state index is 0.0182. The van der Waals surface area contributed by atoms with E-state index in [2.05, 4.69) is 5.32 Å². The number of hydrogen-bond acceptors (Lipinski definition) is 4. The third-order valence-electron chi connectivity index (χ3n) is 1.91. The normalized spacial score (nSPS) is 12.1. The van der Waals surface area contributed by atoms with E-state index in [1.807, 2.05) is 0 Å². The molecule has 1 atom stereocenters. The summed E-state index contributed by atoms with van der Waals surface area (Å²) in [5.41, 5.74) is -0.0182. The van der Waals surface area contributed by atoms with Crippen molar-refractivity contribution in [3.8, 4) is 11.5 Å². The summed E-state index contributed by atoms with van der Waals surface area (Å²) >= 11 is 0. The topological polar surface area (TPSA) is 89.8 Å². The average Bonchev–Trinajstić information content (AvgIpc) is 2.21. The number of rotatable bonds is 3. The minimum Gasteiger partial charge on any atom is -0.504 e. The zero-order valence-electron chi connectivity index (χ0n) is 8.27. The lowest BCUT2D eigenvalue weighted by atomic mass is 10.1. The Morgan fingerprint density at radius 2 is 2.13 bits per heavy atom. The summed E-state index contributed by atoms with van der Waals surface area (Å²) < 4.78 is 0. The molecule has 0 aliphatic rings. The first-order valence-corrected chi connectivity index (χ1v) is 4.49. The summed E-state index contributed by atoms with van der Waals surface area (Å²) in [4.78, 5) is 11.5. The van der Waals surface area contributed by atoms with Crippen LogP contribution in [0.2, 0.25) is 0 Å². The predicted molar refractivity (Wildman–Crippen MR) is 53.8 cm³/mol. The van der Waals surface area contributed by atoms with Crippen molar-refractivity contribution in [2.75, 3.05) is 6.61 Å². The molecule has 0 aliphatic heterocycles. The van der Waals surface area contributed by atoms with Crippen molar-refractivity contribution in [3.05, 3.63) is 23.8 Å². The van der Waals surface area contributed by atoms with Crippen molar-refractivity contribution in [1.82, 2.24) is 5.32 Å². The number of carbonyl (C=O) groups excluding carboxylic acids is 1. The highest BCUT2D eigenvalue weighted by Crippen LogP contribution is 2.27. The van der Waals surface area contributed by atoms with Crippen LogP contribution in [0.15, 0.2) is 18.2 Å². The van der Waals surface area contributed by atoms with E-state index in [1.165, 1.54) is 18.2 Å². The summed E-state index contributed by atoms with van der Waals surface area (Å²) in [6.07, 6.45) is 0. The van der Waals surface area contributed by atoms with Crippen LogP contribution in [0.4, 0.5) is 0 Å². The maximum absolute atomic E-state index is 11.5. The van der Waals surface area contributed by atoms with Gasteiger partial charge in [0.25, 0.3) is 5.91 Å². The number of benzene rings is 1. The van der Waals surface area contributed by atoms with Crippen LogP contribution in [0.5, 0.6) is 11.5 Å². The van der Waals surface area contributed by atoms with Gasteiger partial charge in [0.15, 0.2) is 11.5 Å². The van der Waals surface area contributed by atoms with Gasteiger partial charge in [0.1, 0.15) is 0 Å². The number of aliphatic hydroxyl groups excluding tert-OH is 1. The quantitative estimate of drug-likeness (QED) is 0.538. The molecule has 82 valence electrons. The smallest absolute Gasteiger partial charge is 0.255 e. The van der Waals surface area contributed by atoms with Gasteiger partial charge in [-0.05, 0) is 19.1 Å². The van der Waals surface area contributed by atoms with Crippen LogP contribution >= 0.6 is 0 Å². The van der Waals surface area contributed by atoms with Gasteiger partial charge in [-0.15, -0.1) is 0 Å². The fraction of sp³-hybridized carbons (Fsp3) is 0.300. The van der Waals surface area contributed by atoms with Gasteiger partial charge < -0.3 is 20.6 Å². The van der Waals surface area contributed by atoms with Crippen LogP contribution in [0, 0.1) is 0 Å². The number of para-hydroxylation sites is 1. The van der Waals surface area contributed by atoms with E-state index in [9.17, 15) is 9.90 Å². The molecule has 0 fully saturated rings. The lowest BCUT2D eigenvalue weighted by Crippen LogP contribution is -2.34. The zero-order valence-corrected chi connectivity index (χ0v) is 8.27. The van der Waals surface area contributed by atoms with E-state index >= 15 is 0 Å². The Bertz CT molecular complexity index is 364. The second-order valence-corrected chi connectivity index (χ2v) is 3.23. The standard InChI is InChI=1S/C10H13NO4/c1-6(5-12)11-10(15)7-3-2-4-8(13)9(7)14/h2-4,6,12-14H,5H2,1H3,(H,11,15)/t6-/m0/s1. The molecule has 1 amide bonds. The monoisotopic (exact) mass is 211 g/mol. The minimum atomic E-state index is -0.537. The van der Waals surface area contributed by atoms with Crippen molar-refractivity contribution < 1.29 is 20.1 Å². The van der Waals surface area contributed by atoms with E-state index in [1.54, 1.807) is 6.92 Å². The molecule has 1 aromatic rings. The molecule has 4 N–H and O–H groups in total. The van der Waals surface area contributed by atoms with Gasteiger partial charge >= 0.3 is 0 Å². The summed E-state index contributed by atoms with van der Waals surface area (Å²) in [5, 5.41) is 29.7. The largest absolute Gasteiger partial charge is 0.504 e. The average molecular weight is 211 g/mol. The first-order chi connectivity index (χ1) is 7.06. The Labute approximate surface area is 87.0 Å². The number of aromatic hydroxyl groups is 2. The van der Waals surface area contributed by atoms with Crippen LogP contribution < -0.4 is 5.32 Å². The number of amides is 1. The molecule has 15 heavy (non-hydrogen) atoms. The number of phenolic OH excluding ortho intramolecular Hbond substituents is 2. The maximum Gasteiger partial charge on any atom is 0.255 e. The van der Waals surface area contributed by atoms with Crippen molar-refractivity contribution in [3.63, 3.8) is 0 Å². The molecule has 0 spiro atoms. The molecule has 0 saturated carbocycles. The molecule has 1 rings (SSSR count). The maximum atomic E-state index is 11.5. The van der Waals surface area contributed by atoms with Gasteiger partial charge in [-0.1, -0.05) is 6.07 Å². The lowest BCUT2D eigenvalue weighted by Gasteiger charge is -2.11. The zero-order chi connectivity index (χ0) is 11.4. The van der Waals surface area contributed by atoms with Crippen LogP contribution in [-0.2, 0) is 0 Å². The number of aliphatic hydroxyl groups is 1. The van der Waals surface area contributed by atoms with Gasteiger partial charge in [0.2, 0.25) is 0 Å². The third-order valence-corrected chi connectivity index (χ3v) is 1.91. The lowest BCUT2D eigenvalue weighted by molar-refractivity contribution is 0.0919. The number of nitrogens with one attached hydrogen (secondary N) is 1. The summed E-state index contributed by atoms with van der Waals surface area (Å²) in [6.45, 7) is 1.43. The van der Waals surface area contributed by atoms with Crippen LogP contribution in [0.25, 0.3) is 0 Å². The molecule has 0 heterocycles. The predicted octanol–water partition coefficient (Wildman–Crippen LogP) is 0.208.